The van der Waals surface area contributed by atoms with Crippen LogP contribution in [0, 0.1) is 0 Å². The van der Waals surface area contributed by atoms with Gasteiger partial charge in [0.25, 0.3) is 0 Å². The van der Waals surface area contributed by atoms with E-state index in [1.54, 1.807) is 62.8 Å². The van der Waals surface area contributed by atoms with Crippen LogP contribution in [0.5, 0.6) is 23.0 Å². The van der Waals surface area contributed by atoms with Gasteiger partial charge in [0.1, 0.15) is 13.2 Å². The second-order valence-electron chi connectivity index (χ2n) is 8.80. The standard InChI is InChI=1S/C34H30O6/c1-37-33-19-27(13-15-31(33)39-23-25-9-5-3-6-10-25)17-29(21-35)30(22-36)18-28-14-16-32(34(20-28)38-2)40-24-26-11-7-4-8-12-26/h3-22H,23-24H2,1-2H3. The second kappa shape index (κ2) is 14.2. The van der Waals surface area contributed by atoms with Crippen LogP contribution in [0.25, 0.3) is 12.2 Å². The fourth-order valence-corrected chi connectivity index (χ4v) is 3.99. The van der Waals surface area contributed by atoms with Crippen molar-refractivity contribution >= 4 is 24.7 Å². The SMILES string of the molecule is COc1cc(C=C(C=O)C(C=O)=Cc2ccc(OCc3ccccc3)c(OC)c2)ccc1OCc1ccccc1. The maximum atomic E-state index is 12.0. The largest absolute Gasteiger partial charge is 0.493 e. The summed E-state index contributed by atoms with van der Waals surface area (Å²) in [5.41, 5.74) is 3.87. The van der Waals surface area contributed by atoms with Crippen molar-refractivity contribution in [2.45, 2.75) is 13.2 Å². The Balaban J connectivity index is 1.53. The molecule has 40 heavy (non-hydrogen) atoms. The molecule has 0 amide bonds. The van der Waals surface area contributed by atoms with Crippen LogP contribution in [-0.4, -0.2) is 26.8 Å². The summed E-state index contributed by atoms with van der Waals surface area (Å²) in [4.78, 5) is 24.0. The zero-order valence-electron chi connectivity index (χ0n) is 22.4. The third-order valence-corrected chi connectivity index (χ3v) is 6.08. The number of ether oxygens (including phenoxy) is 4. The number of benzene rings is 4. The fourth-order valence-electron chi connectivity index (χ4n) is 3.99. The van der Waals surface area contributed by atoms with Crippen LogP contribution in [0.3, 0.4) is 0 Å². The van der Waals surface area contributed by atoms with Crippen LogP contribution in [0.2, 0.25) is 0 Å². The Morgan fingerprint density at radius 2 is 0.950 bits per heavy atom. The number of methoxy groups -OCH3 is 2. The molecule has 0 unspecified atom stereocenters. The van der Waals surface area contributed by atoms with Gasteiger partial charge in [0.05, 0.1) is 14.2 Å². The highest BCUT2D eigenvalue weighted by atomic mass is 16.5. The molecule has 0 spiro atoms. The van der Waals surface area contributed by atoms with Gasteiger partial charge >= 0.3 is 0 Å². The first-order valence-corrected chi connectivity index (χ1v) is 12.7. The van der Waals surface area contributed by atoms with E-state index >= 15 is 0 Å². The molecule has 0 heterocycles. The molecule has 4 rings (SSSR count). The van der Waals surface area contributed by atoms with Gasteiger partial charge in [-0.1, -0.05) is 72.8 Å². The Labute approximate surface area is 234 Å². The number of carbonyl (C=O) groups excluding carboxylic acids is 2. The fraction of sp³-hybridized carbons (Fsp3) is 0.118. The van der Waals surface area contributed by atoms with E-state index in [2.05, 4.69) is 0 Å². The summed E-state index contributed by atoms with van der Waals surface area (Å²) < 4.78 is 22.8. The molecule has 0 radical (unpaired) electrons. The molecule has 4 aromatic rings. The molecular formula is C34H30O6. The molecule has 6 nitrogen and oxygen atoms in total. The third-order valence-electron chi connectivity index (χ3n) is 6.08. The smallest absolute Gasteiger partial charge is 0.161 e. The van der Waals surface area contributed by atoms with Crippen molar-refractivity contribution in [3.05, 3.63) is 130 Å². The molecule has 0 atom stereocenters. The van der Waals surface area contributed by atoms with Crippen LogP contribution in [-0.2, 0) is 22.8 Å². The summed E-state index contributed by atoms with van der Waals surface area (Å²) in [6, 6.07) is 30.3. The molecule has 4 aromatic carbocycles. The summed E-state index contributed by atoms with van der Waals surface area (Å²) in [6.07, 6.45) is 4.57. The predicted molar refractivity (Wildman–Crippen MR) is 156 cm³/mol. The van der Waals surface area contributed by atoms with Gasteiger partial charge in [-0.3, -0.25) is 9.59 Å². The quantitative estimate of drug-likeness (QED) is 0.108. The third kappa shape index (κ3) is 7.48. The first-order valence-electron chi connectivity index (χ1n) is 12.7. The van der Waals surface area contributed by atoms with Crippen LogP contribution < -0.4 is 18.9 Å². The molecule has 6 heteroatoms. The maximum Gasteiger partial charge on any atom is 0.161 e. The Hall–Kier alpha value is -5.10. The van der Waals surface area contributed by atoms with Crippen LogP contribution in [0.4, 0.5) is 0 Å². The minimum absolute atomic E-state index is 0.221. The molecule has 0 saturated heterocycles. The molecule has 0 aliphatic heterocycles. The number of aldehydes is 2. The van der Waals surface area contributed by atoms with Crippen molar-refractivity contribution in [1.82, 2.24) is 0 Å². The molecule has 0 aliphatic rings. The van der Waals surface area contributed by atoms with E-state index in [0.29, 0.717) is 59.9 Å². The number of hydrogen-bond acceptors (Lipinski definition) is 6. The van der Waals surface area contributed by atoms with Gasteiger partial charge in [-0.2, -0.15) is 0 Å². The summed E-state index contributed by atoms with van der Waals surface area (Å²) in [7, 11) is 3.10. The average Bonchev–Trinajstić information content (AvgIpc) is 3.02. The van der Waals surface area contributed by atoms with Crippen LogP contribution in [0.1, 0.15) is 22.3 Å². The van der Waals surface area contributed by atoms with Gasteiger partial charge in [-0.05, 0) is 58.7 Å². The van der Waals surface area contributed by atoms with Gasteiger partial charge in [0.2, 0.25) is 0 Å². The Kier molecular flexibility index (Phi) is 9.89. The van der Waals surface area contributed by atoms with Crippen molar-refractivity contribution < 1.29 is 28.5 Å². The molecule has 0 aromatic heterocycles. The topological polar surface area (TPSA) is 71.1 Å². The number of hydrogen-bond donors (Lipinski definition) is 0. The second-order valence-corrected chi connectivity index (χ2v) is 8.80. The number of allylic oxidation sites excluding steroid dienone is 2. The van der Waals surface area contributed by atoms with Crippen molar-refractivity contribution in [3.8, 4) is 23.0 Å². The lowest BCUT2D eigenvalue weighted by molar-refractivity contribution is -0.107. The molecular weight excluding hydrogens is 504 g/mol. The van der Waals surface area contributed by atoms with Crippen molar-refractivity contribution in [3.63, 3.8) is 0 Å². The molecule has 0 saturated carbocycles. The molecule has 0 N–H and O–H groups in total. The van der Waals surface area contributed by atoms with E-state index in [4.69, 9.17) is 18.9 Å². The monoisotopic (exact) mass is 534 g/mol. The van der Waals surface area contributed by atoms with E-state index in [1.165, 1.54) is 0 Å². The summed E-state index contributed by atoms with van der Waals surface area (Å²) in [6.45, 7) is 0.785. The first kappa shape index (κ1) is 27.9. The average molecular weight is 535 g/mol. The van der Waals surface area contributed by atoms with E-state index < -0.39 is 0 Å². The molecule has 0 bridgehead atoms. The van der Waals surface area contributed by atoms with Crippen molar-refractivity contribution in [1.29, 1.82) is 0 Å². The van der Waals surface area contributed by atoms with Gasteiger partial charge in [-0.25, -0.2) is 0 Å². The molecule has 202 valence electrons. The van der Waals surface area contributed by atoms with Gasteiger partial charge in [0, 0.05) is 11.1 Å². The summed E-state index contributed by atoms with van der Waals surface area (Å²) in [5, 5.41) is 0. The van der Waals surface area contributed by atoms with E-state index in [9.17, 15) is 9.59 Å². The number of rotatable bonds is 13. The van der Waals surface area contributed by atoms with E-state index in [1.807, 2.05) is 60.7 Å². The van der Waals surface area contributed by atoms with E-state index in [-0.39, 0.29) is 11.1 Å². The van der Waals surface area contributed by atoms with Crippen LogP contribution >= 0.6 is 0 Å². The Morgan fingerprint density at radius 3 is 1.30 bits per heavy atom. The van der Waals surface area contributed by atoms with Crippen molar-refractivity contribution in [2.24, 2.45) is 0 Å². The highest BCUT2D eigenvalue weighted by Crippen LogP contribution is 2.32. The molecule has 0 fully saturated rings. The maximum absolute atomic E-state index is 12.0. The highest BCUT2D eigenvalue weighted by Gasteiger charge is 2.11. The predicted octanol–water partition coefficient (Wildman–Crippen LogP) is 6.73. The van der Waals surface area contributed by atoms with Gasteiger partial charge < -0.3 is 18.9 Å². The lowest BCUT2D eigenvalue weighted by Crippen LogP contribution is -1.99. The normalized spacial score (nSPS) is 11.4. The van der Waals surface area contributed by atoms with Crippen LogP contribution in [0.15, 0.2) is 108 Å². The van der Waals surface area contributed by atoms with Gasteiger partial charge in [-0.15, -0.1) is 0 Å². The lowest BCUT2D eigenvalue weighted by Gasteiger charge is -2.12. The first-order chi connectivity index (χ1) is 19.6. The Morgan fingerprint density at radius 1 is 0.550 bits per heavy atom. The Bertz CT molecular complexity index is 1370. The minimum Gasteiger partial charge on any atom is -0.493 e. The van der Waals surface area contributed by atoms with Gasteiger partial charge in [0.15, 0.2) is 35.6 Å². The minimum atomic E-state index is 0.221. The highest BCUT2D eigenvalue weighted by molar-refractivity contribution is 6.02. The van der Waals surface area contributed by atoms with Crippen molar-refractivity contribution in [2.75, 3.05) is 14.2 Å². The summed E-state index contributed by atoms with van der Waals surface area (Å²) in [5.74, 6) is 2.18. The lowest BCUT2D eigenvalue weighted by atomic mass is 10.0. The zero-order valence-corrected chi connectivity index (χ0v) is 22.4. The summed E-state index contributed by atoms with van der Waals surface area (Å²) >= 11 is 0. The zero-order chi connectivity index (χ0) is 28.2. The number of carbonyl (C=O) groups is 2. The van der Waals surface area contributed by atoms with E-state index in [0.717, 1.165) is 11.1 Å². The molecule has 0 aliphatic carbocycles.